The van der Waals surface area contributed by atoms with Crippen molar-refractivity contribution in [3.05, 3.63) is 45.9 Å². The van der Waals surface area contributed by atoms with Gasteiger partial charge in [0.15, 0.2) is 0 Å². The third-order valence-electron chi connectivity index (χ3n) is 2.21. The highest BCUT2D eigenvalue weighted by molar-refractivity contribution is 6.37. The number of allylic oxidation sites excluding steroid dienone is 1. The van der Waals surface area contributed by atoms with Gasteiger partial charge < -0.3 is 9.84 Å². The molecule has 0 aliphatic heterocycles. The van der Waals surface area contributed by atoms with Gasteiger partial charge in [-0.05, 0) is 19.1 Å². The summed E-state index contributed by atoms with van der Waals surface area (Å²) in [6.45, 7) is 1.20. The molecule has 0 saturated heterocycles. The molecule has 1 aromatic rings. The molecule has 0 heterocycles. The van der Waals surface area contributed by atoms with E-state index in [0.717, 1.165) is 13.2 Å². The SMILES string of the molecule is COC(=O)C(C(=N)c1c(F)cccc1Cl)=C(C)O. The van der Waals surface area contributed by atoms with Crippen LogP contribution in [0.15, 0.2) is 29.5 Å². The number of carbonyl (C=O) groups is 1. The number of ether oxygens (including phenoxy) is 1. The Hall–Kier alpha value is -1.88. The van der Waals surface area contributed by atoms with Crippen molar-refractivity contribution in [1.29, 1.82) is 5.41 Å². The molecule has 0 spiro atoms. The second-order valence-electron chi connectivity index (χ2n) is 3.42. The first-order valence-electron chi connectivity index (χ1n) is 4.91. The van der Waals surface area contributed by atoms with Crippen molar-refractivity contribution in [2.45, 2.75) is 6.92 Å². The van der Waals surface area contributed by atoms with E-state index in [-0.39, 0.29) is 10.6 Å². The monoisotopic (exact) mass is 271 g/mol. The molecule has 0 fully saturated rings. The molecule has 0 saturated carbocycles. The Bertz CT molecular complexity index is 516. The van der Waals surface area contributed by atoms with Gasteiger partial charge in [-0.3, -0.25) is 5.41 Å². The Balaban J connectivity index is 3.38. The molecule has 0 amide bonds. The van der Waals surface area contributed by atoms with Crippen LogP contribution in [0, 0.1) is 11.2 Å². The van der Waals surface area contributed by atoms with Gasteiger partial charge in [-0.25, -0.2) is 9.18 Å². The lowest BCUT2D eigenvalue weighted by atomic mass is 10.0. The number of methoxy groups -OCH3 is 1. The van der Waals surface area contributed by atoms with E-state index in [4.69, 9.17) is 17.0 Å². The molecular weight excluding hydrogens is 261 g/mol. The zero-order chi connectivity index (χ0) is 13.9. The van der Waals surface area contributed by atoms with Gasteiger partial charge >= 0.3 is 5.97 Å². The molecule has 1 rings (SSSR count). The van der Waals surface area contributed by atoms with E-state index in [0.29, 0.717) is 0 Å². The summed E-state index contributed by atoms with van der Waals surface area (Å²) >= 11 is 5.78. The minimum Gasteiger partial charge on any atom is -0.512 e. The number of hydrogen-bond acceptors (Lipinski definition) is 4. The van der Waals surface area contributed by atoms with Crippen molar-refractivity contribution < 1.29 is 19.0 Å². The molecule has 0 aliphatic rings. The molecule has 1 aromatic carbocycles. The molecule has 0 aromatic heterocycles. The molecule has 18 heavy (non-hydrogen) atoms. The van der Waals surface area contributed by atoms with Crippen LogP contribution in [0.1, 0.15) is 12.5 Å². The molecule has 0 atom stereocenters. The molecule has 0 bridgehead atoms. The van der Waals surface area contributed by atoms with Gasteiger partial charge in [0.2, 0.25) is 0 Å². The molecule has 0 unspecified atom stereocenters. The minimum absolute atomic E-state index is 0.0253. The highest BCUT2D eigenvalue weighted by Crippen LogP contribution is 2.23. The highest BCUT2D eigenvalue weighted by Gasteiger charge is 2.24. The summed E-state index contributed by atoms with van der Waals surface area (Å²) in [5, 5.41) is 17.2. The molecule has 2 N–H and O–H groups in total. The van der Waals surface area contributed by atoms with E-state index in [1.165, 1.54) is 19.1 Å². The topological polar surface area (TPSA) is 70.4 Å². The smallest absolute Gasteiger partial charge is 0.343 e. The second-order valence-corrected chi connectivity index (χ2v) is 3.83. The molecule has 96 valence electrons. The Morgan fingerprint density at radius 1 is 1.50 bits per heavy atom. The van der Waals surface area contributed by atoms with Crippen LogP contribution >= 0.6 is 11.6 Å². The maximum atomic E-state index is 13.6. The van der Waals surface area contributed by atoms with Crippen LogP contribution in [0.3, 0.4) is 0 Å². The zero-order valence-electron chi connectivity index (χ0n) is 9.75. The van der Waals surface area contributed by atoms with E-state index in [1.807, 2.05) is 0 Å². The summed E-state index contributed by atoms with van der Waals surface area (Å²) in [6.07, 6.45) is 0. The Morgan fingerprint density at radius 3 is 2.56 bits per heavy atom. The molecule has 6 heteroatoms. The minimum atomic E-state index is -0.931. The average Bonchev–Trinajstić information content (AvgIpc) is 2.28. The van der Waals surface area contributed by atoms with Crippen molar-refractivity contribution in [2.24, 2.45) is 0 Å². The summed E-state index contributed by atoms with van der Waals surface area (Å²) in [6, 6.07) is 3.87. The van der Waals surface area contributed by atoms with E-state index in [1.54, 1.807) is 0 Å². The quantitative estimate of drug-likeness (QED) is 0.384. The van der Waals surface area contributed by atoms with Crippen molar-refractivity contribution in [1.82, 2.24) is 0 Å². The fraction of sp³-hybridized carbons (Fsp3) is 0.167. The fourth-order valence-corrected chi connectivity index (χ4v) is 1.65. The van der Waals surface area contributed by atoms with Crippen LogP contribution in [0.4, 0.5) is 4.39 Å². The summed E-state index contributed by atoms with van der Waals surface area (Å²) in [5.74, 6) is -2.12. The predicted octanol–water partition coefficient (Wildman–Crippen LogP) is 2.85. The molecule has 4 nitrogen and oxygen atoms in total. The normalized spacial score (nSPS) is 11.8. The van der Waals surface area contributed by atoms with Crippen LogP contribution in [0.25, 0.3) is 0 Å². The predicted molar refractivity (Wildman–Crippen MR) is 65.6 cm³/mol. The van der Waals surface area contributed by atoms with Gasteiger partial charge in [0.05, 0.1) is 23.4 Å². The number of aliphatic hydroxyl groups excluding tert-OH is 1. The van der Waals surface area contributed by atoms with Crippen molar-refractivity contribution in [2.75, 3.05) is 7.11 Å². The average molecular weight is 272 g/mol. The van der Waals surface area contributed by atoms with Gasteiger partial charge in [-0.2, -0.15) is 0 Å². The summed E-state index contributed by atoms with van der Waals surface area (Å²) in [4.78, 5) is 11.4. The third kappa shape index (κ3) is 2.68. The first kappa shape index (κ1) is 14.2. The van der Waals surface area contributed by atoms with Crippen LogP contribution < -0.4 is 0 Å². The maximum absolute atomic E-state index is 13.6. The van der Waals surface area contributed by atoms with Gasteiger partial charge in [0.25, 0.3) is 0 Å². The molecule has 0 radical (unpaired) electrons. The summed E-state index contributed by atoms with van der Waals surface area (Å²) in [5.41, 5.74) is -1.21. The summed E-state index contributed by atoms with van der Waals surface area (Å²) < 4.78 is 18.0. The number of benzene rings is 1. The zero-order valence-corrected chi connectivity index (χ0v) is 10.5. The van der Waals surface area contributed by atoms with Gasteiger partial charge in [-0.1, -0.05) is 17.7 Å². The largest absolute Gasteiger partial charge is 0.512 e. The van der Waals surface area contributed by atoms with Crippen molar-refractivity contribution in [3.8, 4) is 0 Å². The number of nitrogens with one attached hydrogen (secondary N) is 1. The molecule has 0 aliphatic carbocycles. The second kappa shape index (κ2) is 5.64. The number of esters is 1. The Kier molecular flexibility index (Phi) is 4.44. The van der Waals surface area contributed by atoms with E-state index < -0.39 is 28.8 Å². The summed E-state index contributed by atoms with van der Waals surface area (Å²) in [7, 11) is 1.10. The van der Waals surface area contributed by atoms with Crippen molar-refractivity contribution in [3.63, 3.8) is 0 Å². The highest BCUT2D eigenvalue weighted by atomic mass is 35.5. The number of hydrogen-bond donors (Lipinski definition) is 2. The lowest BCUT2D eigenvalue weighted by Gasteiger charge is -2.10. The van der Waals surface area contributed by atoms with Crippen LogP contribution in [-0.2, 0) is 9.53 Å². The van der Waals surface area contributed by atoms with E-state index >= 15 is 0 Å². The number of aliphatic hydroxyl groups is 1. The van der Waals surface area contributed by atoms with E-state index in [2.05, 4.69) is 4.74 Å². The van der Waals surface area contributed by atoms with E-state index in [9.17, 15) is 14.3 Å². The van der Waals surface area contributed by atoms with Crippen LogP contribution in [-0.4, -0.2) is 23.9 Å². The Morgan fingerprint density at radius 2 is 2.11 bits per heavy atom. The first-order chi connectivity index (χ1) is 8.40. The van der Waals surface area contributed by atoms with Crippen molar-refractivity contribution >= 4 is 23.3 Å². The third-order valence-corrected chi connectivity index (χ3v) is 2.53. The van der Waals surface area contributed by atoms with Gasteiger partial charge in [0, 0.05) is 0 Å². The lowest BCUT2D eigenvalue weighted by Crippen LogP contribution is -2.18. The standard InChI is InChI=1S/C12H11ClFNO3/c1-6(16)9(12(17)18-2)11(15)10-7(13)4-3-5-8(10)14/h3-5,15-16H,1-2H3. The maximum Gasteiger partial charge on any atom is 0.343 e. The van der Waals surface area contributed by atoms with Gasteiger partial charge in [0.1, 0.15) is 17.1 Å². The fourth-order valence-electron chi connectivity index (χ4n) is 1.39. The first-order valence-corrected chi connectivity index (χ1v) is 5.29. The number of carbonyl (C=O) groups excluding carboxylic acids is 1. The Labute approximate surface area is 108 Å². The number of halogens is 2. The van der Waals surface area contributed by atoms with Crippen LogP contribution in [0.5, 0.6) is 0 Å². The van der Waals surface area contributed by atoms with Crippen LogP contribution in [0.2, 0.25) is 5.02 Å². The number of rotatable bonds is 3. The lowest BCUT2D eigenvalue weighted by molar-refractivity contribution is -0.135. The van der Waals surface area contributed by atoms with Gasteiger partial charge in [-0.15, -0.1) is 0 Å². The molecular formula is C12H11ClFNO3.